The second-order valence-electron chi connectivity index (χ2n) is 9.78. The first-order valence-corrected chi connectivity index (χ1v) is 11.9. The fourth-order valence-corrected chi connectivity index (χ4v) is 4.19. The van der Waals surface area contributed by atoms with Crippen LogP contribution in [0.5, 0.6) is 5.75 Å². The van der Waals surface area contributed by atoms with Crippen molar-refractivity contribution in [2.75, 3.05) is 18.4 Å². The Balaban J connectivity index is 1.65. The van der Waals surface area contributed by atoms with Crippen LogP contribution in [0.3, 0.4) is 0 Å². The molecular formula is C26H29F4N3O5. The van der Waals surface area contributed by atoms with E-state index in [1.54, 1.807) is 30.9 Å². The maximum Gasteiger partial charge on any atom is 0.573 e. The van der Waals surface area contributed by atoms with Crippen molar-refractivity contribution in [2.24, 2.45) is 5.92 Å². The number of ether oxygens (including phenoxy) is 1. The number of anilines is 1. The molecule has 8 nitrogen and oxygen atoms in total. The number of likely N-dealkylation sites (tertiary alicyclic amines) is 1. The van der Waals surface area contributed by atoms with E-state index in [2.05, 4.69) is 15.4 Å². The lowest BCUT2D eigenvalue weighted by molar-refractivity contribution is -0.274. The van der Waals surface area contributed by atoms with Crippen molar-refractivity contribution in [1.82, 2.24) is 10.2 Å². The summed E-state index contributed by atoms with van der Waals surface area (Å²) in [6, 6.07) is 7.39. The summed E-state index contributed by atoms with van der Waals surface area (Å²) in [5.74, 6) is -4.63. The van der Waals surface area contributed by atoms with Crippen molar-refractivity contribution < 1.29 is 41.8 Å². The van der Waals surface area contributed by atoms with E-state index >= 15 is 0 Å². The third-order valence-corrected chi connectivity index (χ3v) is 6.39. The van der Waals surface area contributed by atoms with Crippen LogP contribution in [0.2, 0.25) is 0 Å². The normalized spacial score (nSPS) is 16.1. The number of carboxylic acid groups (broad SMARTS) is 1. The highest BCUT2D eigenvalue weighted by Crippen LogP contribution is 2.28. The first-order chi connectivity index (χ1) is 17.7. The minimum Gasteiger partial charge on any atom is -0.478 e. The summed E-state index contributed by atoms with van der Waals surface area (Å²) in [6.45, 7) is 6.09. The van der Waals surface area contributed by atoms with Crippen LogP contribution in [0.15, 0.2) is 42.5 Å². The molecule has 1 unspecified atom stereocenters. The van der Waals surface area contributed by atoms with E-state index in [1.807, 2.05) is 6.92 Å². The maximum atomic E-state index is 14.3. The van der Waals surface area contributed by atoms with E-state index in [4.69, 9.17) is 5.11 Å². The van der Waals surface area contributed by atoms with E-state index in [1.165, 1.54) is 12.1 Å². The summed E-state index contributed by atoms with van der Waals surface area (Å²) in [5.41, 5.74) is -0.138. The summed E-state index contributed by atoms with van der Waals surface area (Å²) < 4.78 is 55.6. The number of aromatic carboxylic acids is 1. The van der Waals surface area contributed by atoms with Crippen molar-refractivity contribution >= 4 is 23.5 Å². The van der Waals surface area contributed by atoms with E-state index < -0.39 is 41.4 Å². The quantitative estimate of drug-likeness (QED) is 0.421. The Labute approximate surface area is 217 Å². The van der Waals surface area contributed by atoms with Crippen LogP contribution < -0.4 is 15.4 Å². The van der Waals surface area contributed by atoms with Gasteiger partial charge in [-0.3, -0.25) is 9.59 Å². The highest BCUT2D eigenvalue weighted by molar-refractivity contribution is 5.98. The lowest BCUT2D eigenvalue weighted by Gasteiger charge is -2.42. The molecule has 1 aliphatic heterocycles. The second kappa shape index (κ2) is 11.3. The largest absolute Gasteiger partial charge is 0.573 e. The van der Waals surface area contributed by atoms with Gasteiger partial charge in [0.1, 0.15) is 17.6 Å². The highest BCUT2D eigenvalue weighted by Gasteiger charge is 2.36. The van der Waals surface area contributed by atoms with Crippen molar-refractivity contribution in [2.45, 2.75) is 51.6 Å². The van der Waals surface area contributed by atoms with Crippen LogP contribution in [0.1, 0.15) is 54.3 Å². The van der Waals surface area contributed by atoms with Crippen molar-refractivity contribution in [1.29, 1.82) is 0 Å². The molecule has 1 atom stereocenters. The highest BCUT2D eigenvalue weighted by atomic mass is 19.4. The Kier molecular flexibility index (Phi) is 8.53. The third-order valence-electron chi connectivity index (χ3n) is 6.39. The Hall–Kier alpha value is -3.83. The summed E-state index contributed by atoms with van der Waals surface area (Å²) in [6.07, 6.45) is -3.89. The fourth-order valence-electron chi connectivity index (χ4n) is 4.19. The molecule has 38 heavy (non-hydrogen) atoms. The SMILES string of the molecule is CC(C)C(NC(=O)c1cc(OC(F)(F)F)ccc1F)C(=O)N1CCC(C)(Nc2ccc(C(=O)O)cc2)CC1. The van der Waals surface area contributed by atoms with Gasteiger partial charge in [-0.1, -0.05) is 13.8 Å². The Morgan fingerprint density at radius 2 is 1.66 bits per heavy atom. The number of hydrogen-bond acceptors (Lipinski definition) is 5. The molecule has 0 aromatic heterocycles. The number of nitrogens with zero attached hydrogens (tertiary/aromatic N) is 1. The van der Waals surface area contributed by atoms with Gasteiger partial charge >= 0.3 is 12.3 Å². The molecule has 1 saturated heterocycles. The Bertz CT molecular complexity index is 1180. The number of carboxylic acids is 1. The first-order valence-electron chi connectivity index (χ1n) is 11.9. The average molecular weight is 540 g/mol. The van der Waals surface area contributed by atoms with Crippen LogP contribution in [-0.4, -0.2) is 58.8 Å². The molecule has 0 radical (unpaired) electrons. The van der Waals surface area contributed by atoms with E-state index in [0.29, 0.717) is 38.1 Å². The standard InChI is InChI=1S/C26H29F4N3O5/c1-15(2)21(31-22(34)19-14-18(8-9-20(19)27)38-26(28,29)30)23(35)33-12-10-25(3,11-13-33)32-17-6-4-16(5-7-17)24(36)37/h4-9,14-15,21,32H,10-13H2,1-3H3,(H,31,34)(H,36,37). The third kappa shape index (κ3) is 7.36. The molecule has 3 N–H and O–H groups in total. The molecule has 3 rings (SSSR count). The Morgan fingerprint density at radius 1 is 1.05 bits per heavy atom. The summed E-state index contributed by atoms with van der Waals surface area (Å²) >= 11 is 0. The molecule has 2 aromatic carbocycles. The number of benzene rings is 2. The van der Waals surface area contributed by atoms with Gasteiger partial charge in [0.2, 0.25) is 5.91 Å². The molecule has 2 amide bonds. The molecule has 206 valence electrons. The van der Waals surface area contributed by atoms with Crippen molar-refractivity contribution in [3.05, 3.63) is 59.4 Å². The molecule has 0 aliphatic carbocycles. The zero-order valence-electron chi connectivity index (χ0n) is 21.1. The van der Waals surface area contributed by atoms with Gasteiger partial charge in [-0.15, -0.1) is 13.2 Å². The van der Waals surface area contributed by atoms with E-state index in [0.717, 1.165) is 11.8 Å². The Morgan fingerprint density at radius 3 is 2.18 bits per heavy atom. The van der Waals surface area contributed by atoms with Gasteiger partial charge in [0.05, 0.1) is 11.1 Å². The van der Waals surface area contributed by atoms with Gasteiger partial charge in [-0.25, -0.2) is 9.18 Å². The minimum absolute atomic E-state index is 0.169. The average Bonchev–Trinajstić information content (AvgIpc) is 2.82. The number of nitrogens with one attached hydrogen (secondary N) is 2. The van der Waals surface area contributed by atoms with Gasteiger partial charge in [0, 0.05) is 24.3 Å². The lowest BCUT2D eigenvalue weighted by Crippen LogP contribution is -2.56. The fraction of sp³-hybridized carbons (Fsp3) is 0.423. The van der Waals surface area contributed by atoms with E-state index in [-0.39, 0.29) is 22.9 Å². The second-order valence-corrected chi connectivity index (χ2v) is 9.78. The zero-order valence-corrected chi connectivity index (χ0v) is 21.1. The summed E-state index contributed by atoms with van der Waals surface area (Å²) in [5, 5.41) is 14.9. The van der Waals surface area contributed by atoms with Crippen LogP contribution in [0.4, 0.5) is 23.2 Å². The number of carbonyl (C=O) groups is 3. The topological polar surface area (TPSA) is 108 Å². The number of hydrogen-bond donors (Lipinski definition) is 3. The van der Waals surface area contributed by atoms with Gasteiger partial charge < -0.3 is 25.4 Å². The van der Waals surface area contributed by atoms with Crippen LogP contribution in [-0.2, 0) is 4.79 Å². The number of carbonyl (C=O) groups excluding carboxylic acids is 2. The number of rotatable bonds is 8. The smallest absolute Gasteiger partial charge is 0.478 e. The molecule has 2 aromatic rings. The molecule has 1 fully saturated rings. The van der Waals surface area contributed by atoms with Crippen molar-refractivity contribution in [3.8, 4) is 5.75 Å². The molecule has 0 bridgehead atoms. The van der Waals surface area contributed by atoms with Crippen LogP contribution >= 0.6 is 0 Å². The van der Waals surface area contributed by atoms with E-state index in [9.17, 15) is 31.9 Å². The number of piperidine rings is 1. The molecule has 1 aliphatic rings. The molecular weight excluding hydrogens is 510 g/mol. The predicted molar refractivity (Wildman–Crippen MR) is 130 cm³/mol. The zero-order chi connectivity index (χ0) is 28.3. The predicted octanol–water partition coefficient (Wildman–Crippen LogP) is 4.67. The van der Waals surface area contributed by atoms with Gasteiger partial charge in [-0.2, -0.15) is 0 Å². The van der Waals surface area contributed by atoms with Gasteiger partial charge in [-0.05, 0) is 68.1 Å². The molecule has 12 heteroatoms. The lowest BCUT2D eigenvalue weighted by atomic mass is 9.88. The molecule has 0 saturated carbocycles. The molecule has 0 spiro atoms. The number of alkyl halides is 3. The van der Waals surface area contributed by atoms with Crippen LogP contribution in [0, 0.1) is 11.7 Å². The van der Waals surface area contributed by atoms with Gasteiger partial charge in [0.25, 0.3) is 5.91 Å². The summed E-state index contributed by atoms with van der Waals surface area (Å²) in [7, 11) is 0. The summed E-state index contributed by atoms with van der Waals surface area (Å²) in [4.78, 5) is 38.7. The van der Waals surface area contributed by atoms with Crippen LogP contribution in [0.25, 0.3) is 0 Å². The number of halogens is 4. The first kappa shape index (κ1) is 28.7. The molecule has 1 heterocycles. The maximum absolute atomic E-state index is 14.3. The number of amides is 2. The monoisotopic (exact) mass is 539 g/mol. The van der Waals surface area contributed by atoms with Crippen molar-refractivity contribution in [3.63, 3.8) is 0 Å². The van der Waals surface area contributed by atoms with Gasteiger partial charge in [0.15, 0.2) is 0 Å². The minimum atomic E-state index is -5.01.